The largest absolute Gasteiger partial charge is 0.372 e. The van der Waals surface area contributed by atoms with Gasteiger partial charge >= 0.3 is 0 Å². The number of nitrogens with one attached hydrogen (secondary N) is 1. The van der Waals surface area contributed by atoms with Crippen molar-refractivity contribution in [3.05, 3.63) is 0 Å². The molecule has 2 heterocycles. The van der Waals surface area contributed by atoms with Crippen LogP contribution in [0.4, 0.5) is 0 Å². The van der Waals surface area contributed by atoms with Crippen molar-refractivity contribution in [2.75, 3.05) is 26.2 Å². The summed E-state index contributed by atoms with van der Waals surface area (Å²) in [6.07, 6.45) is 4.75. The van der Waals surface area contributed by atoms with E-state index in [1.165, 1.54) is 25.8 Å². The molecule has 3 heteroatoms. The maximum absolute atomic E-state index is 6.18. The Labute approximate surface area is 119 Å². The zero-order chi connectivity index (χ0) is 13.8. The number of likely N-dealkylation sites (N-methyl/N-ethyl adjacent to an activating group) is 1. The van der Waals surface area contributed by atoms with Gasteiger partial charge in [-0.3, -0.25) is 4.90 Å². The first-order chi connectivity index (χ1) is 9.10. The Morgan fingerprint density at radius 2 is 1.89 bits per heavy atom. The van der Waals surface area contributed by atoms with E-state index in [1.54, 1.807) is 0 Å². The fourth-order valence-corrected chi connectivity index (χ4v) is 3.70. The van der Waals surface area contributed by atoms with Crippen molar-refractivity contribution in [3.8, 4) is 0 Å². The summed E-state index contributed by atoms with van der Waals surface area (Å²) in [4.78, 5) is 2.67. The normalized spacial score (nSPS) is 40.7. The van der Waals surface area contributed by atoms with E-state index in [2.05, 4.69) is 37.9 Å². The van der Waals surface area contributed by atoms with Gasteiger partial charge in [0.15, 0.2) is 0 Å². The quantitative estimate of drug-likeness (QED) is 0.829. The molecule has 2 rings (SSSR count). The molecule has 0 aliphatic carbocycles. The number of ether oxygens (including phenoxy) is 1. The highest BCUT2D eigenvalue weighted by Crippen LogP contribution is 2.29. The number of piperidine rings is 1. The van der Waals surface area contributed by atoms with Crippen LogP contribution in [-0.4, -0.2) is 49.3 Å². The summed E-state index contributed by atoms with van der Waals surface area (Å²) in [6, 6.07) is 0.715. The van der Waals surface area contributed by atoms with Crippen LogP contribution in [0.3, 0.4) is 0 Å². The van der Waals surface area contributed by atoms with Gasteiger partial charge < -0.3 is 10.1 Å². The molecule has 0 amide bonds. The first-order valence-electron chi connectivity index (χ1n) is 8.20. The van der Waals surface area contributed by atoms with Gasteiger partial charge in [0.25, 0.3) is 0 Å². The second-order valence-corrected chi connectivity index (χ2v) is 6.78. The van der Waals surface area contributed by atoms with Crippen molar-refractivity contribution in [1.82, 2.24) is 10.2 Å². The molecule has 1 N–H and O–H groups in total. The monoisotopic (exact) mass is 268 g/mol. The molecular formula is C16H32N2O. The number of hydrogen-bond acceptors (Lipinski definition) is 3. The Kier molecular flexibility index (Phi) is 5.67. The van der Waals surface area contributed by atoms with Crippen LogP contribution in [0.2, 0.25) is 0 Å². The maximum atomic E-state index is 6.18. The van der Waals surface area contributed by atoms with Crippen LogP contribution in [0.15, 0.2) is 0 Å². The lowest BCUT2D eigenvalue weighted by atomic mass is 9.86. The fourth-order valence-electron chi connectivity index (χ4n) is 3.70. The Morgan fingerprint density at radius 3 is 2.63 bits per heavy atom. The van der Waals surface area contributed by atoms with Crippen LogP contribution >= 0.6 is 0 Å². The van der Waals surface area contributed by atoms with Crippen molar-refractivity contribution in [2.45, 2.75) is 65.2 Å². The van der Waals surface area contributed by atoms with Crippen molar-refractivity contribution in [2.24, 2.45) is 11.8 Å². The predicted molar refractivity (Wildman–Crippen MR) is 80.4 cm³/mol. The summed E-state index contributed by atoms with van der Waals surface area (Å²) in [5.41, 5.74) is 0. The summed E-state index contributed by atoms with van der Waals surface area (Å²) >= 11 is 0. The predicted octanol–water partition coefficient (Wildman–Crippen LogP) is 2.51. The first-order valence-corrected chi connectivity index (χ1v) is 8.20. The highest BCUT2D eigenvalue weighted by Gasteiger charge is 2.33. The minimum atomic E-state index is 0.444. The lowest BCUT2D eigenvalue weighted by Gasteiger charge is -2.42. The van der Waals surface area contributed by atoms with E-state index in [0.717, 1.165) is 31.5 Å². The van der Waals surface area contributed by atoms with Gasteiger partial charge in [-0.1, -0.05) is 20.8 Å². The maximum Gasteiger partial charge on any atom is 0.0707 e. The fraction of sp³-hybridized carbons (Fsp3) is 1.00. The summed E-state index contributed by atoms with van der Waals surface area (Å²) in [7, 11) is 0. The lowest BCUT2D eigenvalue weighted by molar-refractivity contribution is -0.00718. The van der Waals surface area contributed by atoms with E-state index in [9.17, 15) is 0 Å². The minimum Gasteiger partial charge on any atom is -0.372 e. The van der Waals surface area contributed by atoms with E-state index in [-0.39, 0.29) is 0 Å². The Hall–Kier alpha value is -0.120. The van der Waals surface area contributed by atoms with Gasteiger partial charge in [-0.05, 0) is 44.6 Å². The molecule has 0 aromatic carbocycles. The molecule has 0 bridgehead atoms. The van der Waals surface area contributed by atoms with E-state index in [4.69, 9.17) is 4.74 Å². The van der Waals surface area contributed by atoms with Crippen molar-refractivity contribution >= 4 is 0 Å². The van der Waals surface area contributed by atoms with Gasteiger partial charge in [0.05, 0.1) is 12.2 Å². The third kappa shape index (κ3) is 4.17. The number of hydrogen-bond donors (Lipinski definition) is 1. The third-order valence-corrected chi connectivity index (χ3v) is 4.98. The van der Waals surface area contributed by atoms with E-state index >= 15 is 0 Å². The number of rotatable bonds is 5. The van der Waals surface area contributed by atoms with Gasteiger partial charge in [0.2, 0.25) is 0 Å². The molecule has 2 aliphatic heterocycles. The van der Waals surface area contributed by atoms with Crippen LogP contribution < -0.4 is 5.32 Å². The lowest BCUT2D eigenvalue weighted by Crippen LogP contribution is -2.48. The van der Waals surface area contributed by atoms with E-state index in [0.29, 0.717) is 18.2 Å². The third-order valence-electron chi connectivity index (χ3n) is 4.98. The molecule has 0 radical (unpaired) electrons. The molecule has 0 saturated carbocycles. The average Bonchev–Trinajstić information content (AvgIpc) is 2.80. The first kappa shape index (κ1) is 15.3. The minimum absolute atomic E-state index is 0.444. The topological polar surface area (TPSA) is 24.5 Å². The van der Waals surface area contributed by atoms with Crippen molar-refractivity contribution < 1.29 is 4.74 Å². The van der Waals surface area contributed by atoms with E-state index < -0.39 is 0 Å². The molecule has 0 spiro atoms. The van der Waals surface area contributed by atoms with Gasteiger partial charge in [0.1, 0.15) is 0 Å². The second kappa shape index (κ2) is 7.05. The summed E-state index contributed by atoms with van der Waals surface area (Å²) in [5.74, 6) is 1.66. The number of likely N-dealkylation sites (tertiary alicyclic amines) is 1. The zero-order valence-electron chi connectivity index (χ0n) is 13.2. The van der Waals surface area contributed by atoms with Crippen LogP contribution in [-0.2, 0) is 4.74 Å². The van der Waals surface area contributed by atoms with Crippen LogP contribution in [0, 0.1) is 11.8 Å². The van der Waals surface area contributed by atoms with Gasteiger partial charge in [-0.25, -0.2) is 0 Å². The molecule has 19 heavy (non-hydrogen) atoms. The van der Waals surface area contributed by atoms with Gasteiger partial charge in [0, 0.05) is 25.7 Å². The summed E-state index contributed by atoms with van der Waals surface area (Å²) in [5, 5.41) is 3.40. The molecular weight excluding hydrogens is 236 g/mol. The van der Waals surface area contributed by atoms with Crippen LogP contribution in [0.5, 0.6) is 0 Å². The molecule has 2 aliphatic rings. The zero-order valence-corrected chi connectivity index (χ0v) is 13.2. The van der Waals surface area contributed by atoms with Crippen LogP contribution in [0.1, 0.15) is 47.0 Å². The van der Waals surface area contributed by atoms with Gasteiger partial charge in [-0.2, -0.15) is 0 Å². The Morgan fingerprint density at radius 1 is 1.16 bits per heavy atom. The molecule has 3 nitrogen and oxygen atoms in total. The molecule has 2 fully saturated rings. The number of nitrogens with zero attached hydrogens (tertiary/aromatic N) is 1. The molecule has 0 aromatic rings. The van der Waals surface area contributed by atoms with E-state index in [1.807, 2.05) is 0 Å². The molecule has 112 valence electrons. The molecule has 5 atom stereocenters. The van der Waals surface area contributed by atoms with Crippen molar-refractivity contribution in [1.29, 1.82) is 0 Å². The SMILES string of the molecule is CCNCC1CCC(CN2CC(C)CC(C)C2C)O1. The molecule has 5 unspecified atom stereocenters. The Bertz CT molecular complexity index is 271. The summed E-state index contributed by atoms with van der Waals surface area (Å²) < 4.78 is 6.18. The molecule has 2 saturated heterocycles. The highest BCUT2D eigenvalue weighted by atomic mass is 16.5. The standard InChI is InChI=1S/C16H32N2O/c1-5-17-9-15-6-7-16(19-15)11-18-10-12(2)8-13(3)14(18)4/h12-17H,5-11H2,1-4H3. The second-order valence-electron chi connectivity index (χ2n) is 6.78. The highest BCUT2D eigenvalue weighted by molar-refractivity contribution is 4.85. The Balaban J connectivity index is 1.78. The summed E-state index contributed by atoms with van der Waals surface area (Å²) in [6.45, 7) is 13.8. The van der Waals surface area contributed by atoms with Crippen molar-refractivity contribution in [3.63, 3.8) is 0 Å². The smallest absolute Gasteiger partial charge is 0.0707 e. The van der Waals surface area contributed by atoms with Gasteiger partial charge in [-0.15, -0.1) is 0 Å². The average molecular weight is 268 g/mol. The molecule has 0 aromatic heterocycles. The van der Waals surface area contributed by atoms with Crippen LogP contribution in [0.25, 0.3) is 0 Å².